The zero-order valence-electron chi connectivity index (χ0n) is 13.5. The fourth-order valence-corrected chi connectivity index (χ4v) is 3.69. The van der Waals surface area contributed by atoms with Gasteiger partial charge in [0.2, 0.25) is 0 Å². The first kappa shape index (κ1) is 17.0. The third-order valence-corrected chi connectivity index (χ3v) is 4.93. The SMILES string of the molecule is CCCC(CCN)CCCN(C)C1CCCC(C)C1. The van der Waals surface area contributed by atoms with Crippen LogP contribution in [0, 0.1) is 11.8 Å². The van der Waals surface area contributed by atoms with Crippen molar-refractivity contribution in [1.29, 1.82) is 0 Å². The van der Waals surface area contributed by atoms with Crippen molar-refractivity contribution in [3.05, 3.63) is 0 Å². The number of nitrogens with two attached hydrogens (primary N) is 1. The van der Waals surface area contributed by atoms with Gasteiger partial charge < -0.3 is 10.6 Å². The maximum absolute atomic E-state index is 5.71. The van der Waals surface area contributed by atoms with Crippen LogP contribution >= 0.6 is 0 Å². The molecule has 0 aromatic rings. The number of hydrogen-bond donors (Lipinski definition) is 1. The average Bonchev–Trinajstić information content (AvgIpc) is 2.39. The highest BCUT2D eigenvalue weighted by molar-refractivity contribution is 4.77. The van der Waals surface area contributed by atoms with Crippen LogP contribution in [-0.4, -0.2) is 31.1 Å². The molecule has 3 unspecified atom stereocenters. The molecule has 1 aliphatic rings. The predicted octanol–water partition coefficient (Wildman–Crippen LogP) is 4.04. The Labute approximate surface area is 121 Å². The number of rotatable bonds is 9. The van der Waals surface area contributed by atoms with E-state index in [1.807, 2.05) is 0 Å². The van der Waals surface area contributed by atoms with Crippen molar-refractivity contribution >= 4 is 0 Å². The molecule has 2 N–H and O–H groups in total. The van der Waals surface area contributed by atoms with Crippen molar-refractivity contribution in [2.45, 2.75) is 77.7 Å². The largest absolute Gasteiger partial charge is 0.330 e. The lowest BCUT2D eigenvalue weighted by Gasteiger charge is -2.34. The van der Waals surface area contributed by atoms with Gasteiger partial charge >= 0.3 is 0 Å². The normalized spacial score (nSPS) is 25.7. The van der Waals surface area contributed by atoms with Crippen molar-refractivity contribution in [2.24, 2.45) is 17.6 Å². The standard InChI is InChI=1S/C17H36N2/c1-4-7-16(11-12-18)9-6-13-19(3)17-10-5-8-15(2)14-17/h15-17H,4-14,18H2,1-3H3. The van der Waals surface area contributed by atoms with Crippen LogP contribution in [-0.2, 0) is 0 Å². The van der Waals surface area contributed by atoms with Gasteiger partial charge in [-0.1, -0.05) is 39.5 Å². The maximum Gasteiger partial charge on any atom is 0.00947 e. The second kappa shape index (κ2) is 9.77. The summed E-state index contributed by atoms with van der Waals surface area (Å²) in [5, 5.41) is 0. The van der Waals surface area contributed by atoms with Gasteiger partial charge in [-0.3, -0.25) is 0 Å². The Morgan fingerprint density at radius 3 is 2.63 bits per heavy atom. The van der Waals surface area contributed by atoms with E-state index in [9.17, 15) is 0 Å². The Morgan fingerprint density at radius 1 is 1.21 bits per heavy atom. The third-order valence-electron chi connectivity index (χ3n) is 4.93. The molecule has 0 aliphatic heterocycles. The molecule has 0 aromatic heterocycles. The summed E-state index contributed by atoms with van der Waals surface area (Å²) >= 11 is 0. The topological polar surface area (TPSA) is 29.3 Å². The smallest absolute Gasteiger partial charge is 0.00947 e. The molecule has 2 heteroatoms. The Morgan fingerprint density at radius 2 is 2.00 bits per heavy atom. The van der Waals surface area contributed by atoms with Gasteiger partial charge in [-0.15, -0.1) is 0 Å². The van der Waals surface area contributed by atoms with E-state index in [0.717, 1.165) is 24.4 Å². The van der Waals surface area contributed by atoms with E-state index in [2.05, 4.69) is 25.8 Å². The number of nitrogens with zero attached hydrogens (tertiary/aromatic N) is 1. The average molecular weight is 268 g/mol. The zero-order chi connectivity index (χ0) is 14.1. The van der Waals surface area contributed by atoms with Crippen LogP contribution in [0.25, 0.3) is 0 Å². The van der Waals surface area contributed by atoms with Gasteiger partial charge in [-0.25, -0.2) is 0 Å². The monoisotopic (exact) mass is 268 g/mol. The van der Waals surface area contributed by atoms with Crippen LogP contribution in [0.4, 0.5) is 0 Å². The summed E-state index contributed by atoms with van der Waals surface area (Å²) in [4.78, 5) is 2.63. The molecule has 0 heterocycles. The molecule has 19 heavy (non-hydrogen) atoms. The minimum Gasteiger partial charge on any atom is -0.330 e. The highest BCUT2D eigenvalue weighted by Gasteiger charge is 2.22. The van der Waals surface area contributed by atoms with Crippen LogP contribution in [0.15, 0.2) is 0 Å². The first-order valence-corrected chi connectivity index (χ1v) is 8.57. The van der Waals surface area contributed by atoms with E-state index >= 15 is 0 Å². The van der Waals surface area contributed by atoms with Crippen LogP contribution in [0.5, 0.6) is 0 Å². The Bertz CT molecular complexity index is 211. The molecule has 3 atom stereocenters. The maximum atomic E-state index is 5.71. The molecule has 0 aromatic carbocycles. The van der Waals surface area contributed by atoms with Crippen molar-refractivity contribution in [3.63, 3.8) is 0 Å². The van der Waals surface area contributed by atoms with Crippen molar-refractivity contribution < 1.29 is 0 Å². The molecule has 1 aliphatic carbocycles. The van der Waals surface area contributed by atoms with Gasteiger partial charge in [0.05, 0.1) is 0 Å². The van der Waals surface area contributed by atoms with E-state index in [4.69, 9.17) is 5.73 Å². The lowest BCUT2D eigenvalue weighted by Crippen LogP contribution is -2.36. The van der Waals surface area contributed by atoms with Gasteiger partial charge in [0.15, 0.2) is 0 Å². The first-order valence-electron chi connectivity index (χ1n) is 8.57. The molecule has 0 amide bonds. The van der Waals surface area contributed by atoms with Gasteiger partial charge in [0.25, 0.3) is 0 Å². The van der Waals surface area contributed by atoms with Crippen LogP contribution in [0.3, 0.4) is 0 Å². The van der Waals surface area contributed by atoms with Gasteiger partial charge in [0, 0.05) is 6.04 Å². The number of hydrogen-bond acceptors (Lipinski definition) is 2. The molecule has 2 nitrogen and oxygen atoms in total. The minimum atomic E-state index is 0.850. The molecule has 1 fully saturated rings. The summed E-state index contributed by atoms with van der Waals surface area (Å²) in [6.07, 6.45) is 12.3. The minimum absolute atomic E-state index is 0.850. The molecule has 0 bridgehead atoms. The molecular weight excluding hydrogens is 232 g/mol. The third kappa shape index (κ3) is 6.76. The Balaban J connectivity index is 2.19. The van der Waals surface area contributed by atoms with E-state index in [1.165, 1.54) is 64.3 Å². The lowest BCUT2D eigenvalue weighted by molar-refractivity contribution is 0.159. The molecule has 0 radical (unpaired) electrons. The summed E-state index contributed by atoms with van der Waals surface area (Å²) in [5.41, 5.74) is 5.71. The van der Waals surface area contributed by atoms with Crippen LogP contribution in [0.2, 0.25) is 0 Å². The van der Waals surface area contributed by atoms with E-state index in [1.54, 1.807) is 0 Å². The van der Waals surface area contributed by atoms with Crippen LogP contribution in [0.1, 0.15) is 71.6 Å². The van der Waals surface area contributed by atoms with Gasteiger partial charge in [0.1, 0.15) is 0 Å². The highest BCUT2D eigenvalue weighted by Crippen LogP contribution is 2.27. The van der Waals surface area contributed by atoms with Gasteiger partial charge in [-0.05, 0) is 64.1 Å². The molecule has 0 spiro atoms. The fourth-order valence-electron chi connectivity index (χ4n) is 3.69. The second-order valence-electron chi connectivity index (χ2n) is 6.78. The summed E-state index contributed by atoms with van der Waals surface area (Å²) < 4.78 is 0. The molecule has 114 valence electrons. The summed E-state index contributed by atoms with van der Waals surface area (Å²) in [6.45, 7) is 6.85. The highest BCUT2D eigenvalue weighted by atomic mass is 15.1. The molecular formula is C17H36N2. The molecule has 0 saturated heterocycles. The fraction of sp³-hybridized carbons (Fsp3) is 1.00. The predicted molar refractivity (Wildman–Crippen MR) is 85.4 cm³/mol. The van der Waals surface area contributed by atoms with E-state index in [-0.39, 0.29) is 0 Å². The zero-order valence-corrected chi connectivity index (χ0v) is 13.5. The Hall–Kier alpha value is -0.0800. The van der Waals surface area contributed by atoms with E-state index < -0.39 is 0 Å². The van der Waals surface area contributed by atoms with Gasteiger partial charge in [-0.2, -0.15) is 0 Å². The summed E-state index contributed by atoms with van der Waals surface area (Å²) in [5.74, 6) is 1.81. The van der Waals surface area contributed by atoms with Crippen molar-refractivity contribution in [2.75, 3.05) is 20.1 Å². The molecule has 1 rings (SSSR count). The molecule has 1 saturated carbocycles. The lowest BCUT2D eigenvalue weighted by atomic mass is 9.86. The summed E-state index contributed by atoms with van der Waals surface area (Å²) in [6, 6.07) is 0.850. The van der Waals surface area contributed by atoms with Crippen molar-refractivity contribution in [3.8, 4) is 0 Å². The Kier molecular flexibility index (Phi) is 8.72. The van der Waals surface area contributed by atoms with Crippen molar-refractivity contribution in [1.82, 2.24) is 4.90 Å². The second-order valence-corrected chi connectivity index (χ2v) is 6.78. The first-order chi connectivity index (χ1) is 9.17. The van der Waals surface area contributed by atoms with Crippen LogP contribution < -0.4 is 5.73 Å². The summed E-state index contributed by atoms with van der Waals surface area (Å²) in [7, 11) is 2.33. The quantitative estimate of drug-likeness (QED) is 0.684. The van der Waals surface area contributed by atoms with E-state index in [0.29, 0.717) is 0 Å².